The van der Waals surface area contributed by atoms with Crippen molar-refractivity contribution >= 4 is 11.6 Å². The lowest BCUT2D eigenvalue weighted by Gasteiger charge is -2.16. The molecule has 3 nitrogen and oxygen atoms in total. The van der Waals surface area contributed by atoms with Crippen LogP contribution in [0.3, 0.4) is 0 Å². The summed E-state index contributed by atoms with van der Waals surface area (Å²) in [5.41, 5.74) is 3.35. The summed E-state index contributed by atoms with van der Waals surface area (Å²) >= 11 is 0. The van der Waals surface area contributed by atoms with Gasteiger partial charge in [-0.05, 0) is 49.9 Å². The Morgan fingerprint density at radius 1 is 1.10 bits per heavy atom. The fourth-order valence-corrected chi connectivity index (χ4v) is 2.74. The third-order valence-corrected chi connectivity index (χ3v) is 4.20. The summed E-state index contributed by atoms with van der Waals surface area (Å²) in [6, 6.07) is 6.55. The van der Waals surface area contributed by atoms with Gasteiger partial charge in [-0.2, -0.15) is 0 Å². The number of nitrogens with one attached hydrogen (secondary N) is 2. The number of aryl methyl sites for hydroxylation is 2. The number of carbonyl (C=O) groups is 1. The standard InChI is InChI=1S/C17H26N2O/c1-13-9-10-16(11-14(13)2)19-17(20)12-18-15-7-5-3-4-6-8-15/h9-11,15,18H,3-8,12H2,1-2H3,(H,19,20). The van der Waals surface area contributed by atoms with Crippen LogP contribution in [0.25, 0.3) is 0 Å². The molecule has 20 heavy (non-hydrogen) atoms. The minimum Gasteiger partial charge on any atom is -0.325 e. The van der Waals surface area contributed by atoms with Crippen LogP contribution in [0, 0.1) is 13.8 Å². The Morgan fingerprint density at radius 2 is 1.80 bits per heavy atom. The van der Waals surface area contributed by atoms with Gasteiger partial charge in [-0.3, -0.25) is 4.79 Å². The highest BCUT2D eigenvalue weighted by Crippen LogP contribution is 2.17. The number of anilines is 1. The Labute approximate surface area is 122 Å². The number of hydrogen-bond donors (Lipinski definition) is 2. The van der Waals surface area contributed by atoms with Gasteiger partial charge in [0.1, 0.15) is 0 Å². The van der Waals surface area contributed by atoms with E-state index >= 15 is 0 Å². The fraction of sp³-hybridized carbons (Fsp3) is 0.588. The summed E-state index contributed by atoms with van der Waals surface area (Å²) < 4.78 is 0. The third-order valence-electron chi connectivity index (χ3n) is 4.20. The zero-order chi connectivity index (χ0) is 14.4. The molecule has 0 bridgehead atoms. The highest BCUT2D eigenvalue weighted by Gasteiger charge is 2.13. The molecular weight excluding hydrogens is 248 g/mol. The second-order valence-corrected chi connectivity index (χ2v) is 5.92. The molecule has 2 rings (SSSR count). The topological polar surface area (TPSA) is 41.1 Å². The molecule has 0 aromatic heterocycles. The van der Waals surface area contributed by atoms with Gasteiger partial charge in [-0.1, -0.05) is 31.7 Å². The molecule has 0 radical (unpaired) electrons. The Bertz CT molecular complexity index is 448. The van der Waals surface area contributed by atoms with Crippen LogP contribution < -0.4 is 10.6 Å². The zero-order valence-electron chi connectivity index (χ0n) is 12.7. The van der Waals surface area contributed by atoms with Crippen molar-refractivity contribution in [2.75, 3.05) is 11.9 Å². The van der Waals surface area contributed by atoms with E-state index in [-0.39, 0.29) is 5.91 Å². The largest absolute Gasteiger partial charge is 0.325 e. The van der Waals surface area contributed by atoms with E-state index in [1.165, 1.54) is 49.7 Å². The van der Waals surface area contributed by atoms with Gasteiger partial charge in [-0.15, -0.1) is 0 Å². The van der Waals surface area contributed by atoms with Gasteiger partial charge in [0.15, 0.2) is 0 Å². The Kier molecular flexibility index (Phi) is 5.60. The van der Waals surface area contributed by atoms with Gasteiger partial charge < -0.3 is 10.6 Å². The maximum absolute atomic E-state index is 12.0. The lowest BCUT2D eigenvalue weighted by Crippen LogP contribution is -2.35. The molecule has 0 spiro atoms. The van der Waals surface area contributed by atoms with Crippen LogP contribution in [0.1, 0.15) is 49.7 Å². The number of carbonyl (C=O) groups excluding carboxylic acids is 1. The van der Waals surface area contributed by atoms with E-state index in [0.717, 1.165) is 5.69 Å². The monoisotopic (exact) mass is 274 g/mol. The molecule has 0 saturated heterocycles. The van der Waals surface area contributed by atoms with Crippen molar-refractivity contribution in [3.05, 3.63) is 29.3 Å². The number of amides is 1. The predicted molar refractivity (Wildman–Crippen MR) is 84.0 cm³/mol. The summed E-state index contributed by atoms with van der Waals surface area (Å²) in [6.45, 7) is 4.56. The first-order valence-corrected chi connectivity index (χ1v) is 7.75. The van der Waals surface area contributed by atoms with Gasteiger partial charge in [0.05, 0.1) is 6.54 Å². The molecule has 110 valence electrons. The van der Waals surface area contributed by atoms with Gasteiger partial charge in [0.2, 0.25) is 5.91 Å². The maximum atomic E-state index is 12.0. The van der Waals surface area contributed by atoms with Crippen LogP contribution in [0.15, 0.2) is 18.2 Å². The molecule has 2 N–H and O–H groups in total. The summed E-state index contributed by atoms with van der Waals surface area (Å²) in [6.07, 6.45) is 7.67. The SMILES string of the molecule is Cc1ccc(NC(=O)CNC2CCCCCC2)cc1C. The molecule has 0 heterocycles. The van der Waals surface area contributed by atoms with Crippen molar-refractivity contribution in [3.63, 3.8) is 0 Å². The van der Waals surface area contributed by atoms with Crippen LogP contribution in [-0.4, -0.2) is 18.5 Å². The van der Waals surface area contributed by atoms with Crippen LogP contribution in [0.5, 0.6) is 0 Å². The molecular formula is C17H26N2O. The van der Waals surface area contributed by atoms with E-state index < -0.39 is 0 Å². The normalized spacial score (nSPS) is 16.7. The number of benzene rings is 1. The maximum Gasteiger partial charge on any atom is 0.238 e. The van der Waals surface area contributed by atoms with Gasteiger partial charge in [-0.25, -0.2) is 0 Å². The fourth-order valence-electron chi connectivity index (χ4n) is 2.74. The molecule has 1 amide bonds. The highest BCUT2D eigenvalue weighted by atomic mass is 16.1. The molecule has 0 aliphatic heterocycles. The van der Waals surface area contributed by atoms with E-state index in [1.807, 2.05) is 18.2 Å². The van der Waals surface area contributed by atoms with Crippen molar-refractivity contribution in [2.24, 2.45) is 0 Å². The molecule has 1 aliphatic carbocycles. The summed E-state index contributed by atoms with van der Waals surface area (Å²) in [5, 5.41) is 6.36. The summed E-state index contributed by atoms with van der Waals surface area (Å²) in [4.78, 5) is 12.0. The van der Waals surface area contributed by atoms with Crippen LogP contribution >= 0.6 is 0 Å². The van der Waals surface area contributed by atoms with Crippen molar-refractivity contribution < 1.29 is 4.79 Å². The molecule has 0 atom stereocenters. The number of hydrogen-bond acceptors (Lipinski definition) is 2. The van der Waals surface area contributed by atoms with E-state index in [0.29, 0.717) is 12.6 Å². The molecule has 1 aliphatic rings. The molecule has 1 saturated carbocycles. The van der Waals surface area contributed by atoms with E-state index in [4.69, 9.17) is 0 Å². The predicted octanol–water partition coefficient (Wildman–Crippen LogP) is 3.55. The molecule has 1 fully saturated rings. The summed E-state index contributed by atoms with van der Waals surface area (Å²) in [5.74, 6) is 0.0532. The van der Waals surface area contributed by atoms with Crippen molar-refractivity contribution in [1.82, 2.24) is 5.32 Å². The minimum atomic E-state index is 0.0532. The summed E-state index contributed by atoms with van der Waals surface area (Å²) in [7, 11) is 0. The van der Waals surface area contributed by atoms with Crippen LogP contribution in [0.2, 0.25) is 0 Å². The van der Waals surface area contributed by atoms with Crippen LogP contribution in [0.4, 0.5) is 5.69 Å². The molecule has 3 heteroatoms. The second-order valence-electron chi connectivity index (χ2n) is 5.92. The number of rotatable bonds is 4. The van der Waals surface area contributed by atoms with E-state index in [9.17, 15) is 4.79 Å². The van der Waals surface area contributed by atoms with Crippen molar-refractivity contribution in [1.29, 1.82) is 0 Å². The minimum absolute atomic E-state index is 0.0532. The first-order valence-electron chi connectivity index (χ1n) is 7.75. The molecule has 1 aromatic carbocycles. The molecule has 1 aromatic rings. The second kappa shape index (κ2) is 7.44. The quantitative estimate of drug-likeness (QED) is 0.824. The third kappa shape index (κ3) is 4.64. The Balaban J connectivity index is 1.78. The highest BCUT2D eigenvalue weighted by molar-refractivity contribution is 5.92. The van der Waals surface area contributed by atoms with E-state index in [2.05, 4.69) is 24.5 Å². The lowest BCUT2D eigenvalue weighted by molar-refractivity contribution is -0.115. The Morgan fingerprint density at radius 3 is 2.45 bits per heavy atom. The lowest BCUT2D eigenvalue weighted by atomic mass is 10.1. The van der Waals surface area contributed by atoms with Gasteiger partial charge in [0.25, 0.3) is 0 Å². The molecule has 0 unspecified atom stereocenters. The average Bonchev–Trinajstić information content (AvgIpc) is 2.69. The smallest absolute Gasteiger partial charge is 0.238 e. The van der Waals surface area contributed by atoms with E-state index in [1.54, 1.807) is 0 Å². The Hall–Kier alpha value is -1.35. The van der Waals surface area contributed by atoms with Gasteiger partial charge >= 0.3 is 0 Å². The zero-order valence-corrected chi connectivity index (χ0v) is 12.7. The van der Waals surface area contributed by atoms with Crippen molar-refractivity contribution in [2.45, 2.75) is 58.4 Å². The average molecular weight is 274 g/mol. The van der Waals surface area contributed by atoms with Gasteiger partial charge in [0, 0.05) is 11.7 Å². The van der Waals surface area contributed by atoms with Crippen molar-refractivity contribution in [3.8, 4) is 0 Å². The first kappa shape index (κ1) is 15.0. The van der Waals surface area contributed by atoms with Crippen LogP contribution in [-0.2, 0) is 4.79 Å². The first-order chi connectivity index (χ1) is 9.65.